The van der Waals surface area contributed by atoms with Crippen molar-refractivity contribution in [3.8, 4) is 0 Å². The zero-order valence-corrected chi connectivity index (χ0v) is 12.7. The van der Waals surface area contributed by atoms with E-state index in [1.54, 1.807) is 0 Å². The molecule has 2 bridgehead atoms. The van der Waals surface area contributed by atoms with Crippen molar-refractivity contribution in [3.05, 3.63) is 0 Å². The number of nitrogens with two attached hydrogens (primary N) is 1. The smallest absolute Gasteiger partial charge is 0.0707 e. The minimum absolute atomic E-state index is 0.262. The molecule has 2 heterocycles. The molecule has 3 atom stereocenters. The molecule has 2 aliphatic heterocycles. The van der Waals surface area contributed by atoms with Crippen LogP contribution >= 0.6 is 0 Å². The second-order valence-corrected chi connectivity index (χ2v) is 7.81. The first-order valence-corrected chi connectivity index (χ1v) is 8.14. The van der Waals surface area contributed by atoms with Gasteiger partial charge in [0, 0.05) is 25.2 Å². The van der Waals surface area contributed by atoms with Gasteiger partial charge in [0.05, 0.1) is 12.2 Å². The highest BCUT2D eigenvalue weighted by molar-refractivity contribution is 5.00. The van der Waals surface area contributed by atoms with Crippen LogP contribution in [0.3, 0.4) is 0 Å². The van der Waals surface area contributed by atoms with Gasteiger partial charge in [0.25, 0.3) is 0 Å². The maximum Gasteiger partial charge on any atom is 0.0707 e. The van der Waals surface area contributed by atoms with Crippen molar-refractivity contribution in [3.63, 3.8) is 0 Å². The summed E-state index contributed by atoms with van der Waals surface area (Å²) in [4.78, 5) is 2.71. The molecule has 0 amide bonds. The lowest BCUT2D eigenvalue weighted by Crippen LogP contribution is -2.59. The van der Waals surface area contributed by atoms with Crippen molar-refractivity contribution in [1.29, 1.82) is 0 Å². The van der Waals surface area contributed by atoms with Crippen molar-refractivity contribution >= 4 is 0 Å². The largest absolute Gasteiger partial charge is 0.372 e. The monoisotopic (exact) mass is 266 g/mol. The molecule has 3 heteroatoms. The molecule has 0 aromatic carbocycles. The van der Waals surface area contributed by atoms with Crippen LogP contribution < -0.4 is 5.73 Å². The summed E-state index contributed by atoms with van der Waals surface area (Å²) in [7, 11) is 0. The molecule has 3 rings (SSSR count). The summed E-state index contributed by atoms with van der Waals surface area (Å²) in [6.07, 6.45) is 10.0. The lowest BCUT2D eigenvalue weighted by atomic mass is 9.82. The third-order valence-electron chi connectivity index (χ3n) is 5.86. The van der Waals surface area contributed by atoms with Crippen LogP contribution in [-0.2, 0) is 4.74 Å². The molecule has 0 spiro atoms. The van der Waals surface area contributed by atoms with E-state index in [4.69, 9.17) is 10.5 Å². The minimum Gasteiger partial charge on any atom is -0.372 e. The van der Waals surface area contributed by atoms with E-state index in [1.807, 2.05) is 0 Å². The first kappa shape index (κ1) is 13.8. The van der Waals surface area contributed by atoms with E-state index in [-0.39, 0.29) is 5.54 Å². The summed E-state index contributed by atoms with van der Waals surface area (Å²) in [6, 6.07) is 0. The molecule has 3 unspecified atom stereocenters. The Labute approximate surface area is 117 Å². The fourth-order valence-electron chi connectivity index (χ4n) is 4.37. The number of nitrogens with zero attached hydrogens (tertiary/aromatic N) is 1. The van der Waals surface area contributed by atoms with Gasteiger partial charge in [-0.05, 0) is 43.9 Å². The number of rotatable bonds is 2. The lowest BCUT2D eigenvalue weighted by molar-refractivity contribution is -0.0809. The zero-order valence-electron chi connectivity index (χ0n) is 12.7. The van der Waals surface area contributed by atoms with Crippen molar-refractivity contribution < 1.29 is 4.74 Å². The standard InChI is InChI=1S/C16H30N2O/c1-15(2)6-3-7-16(12-17,9-8-15)18-10-13-4-5-14(11-18)19-13/h13-14H,3-12,17H2,1-2H3. The van der Waals surface area contributed by atoms with E-state index >= 15 is 0 Å². The third-order valence-corrected chi connectivity index (χ3v) is 5.86. The van der Waals surface area contributed by atoms with E-state index in [9.17, 15) is 0 Å². The van der Waals surface area contributed by atoms with Crippen molar-refractivity contribution in [2.24, 2.45) is 11.1 Å². The number of fused-ring (bicyclic) bond motifs is 2. The topological polar surface area (TPSA) is 38.5 Å². The van der Waals surface area contributed by atoms with E-state index in [1.165, 1.54) is 44.9 Å². The summed E-state index contributed by atoms with van der Waals surface area (Å²) in [5, 5.41) is 0. The first-order valence-electron chi connectivity index (χ1n) is 8.14. The van der Waals surface area contributed by atoms with E-state index < -0.39 is 0 Å². The Morgan fingerprint density at radius 3 is 2.37 bits per heavy atom. The SMILES string of the molecule is CC1(C)CCCC(CN)(N2CC3CCC(C2)O3)CC1. The Kier molecular flexibility index (Phi) is 3.65. The van der Waals surface area contributed by atoms with Gasteiger partial charge in [-0.2, -0.15) is 0 Å². The van der Waals surface area contributed by atoms with E-state index in [0.29, 0.717) is 17.6 Å². The molecule has 0 aromatic heterocycles. The Hall–Kier alpha value is -0.120. The predicted molar refractivity (Wildman–Crippen MR) is 78.1 cm³/mol. The van der Waals surface area contributed by atoms with Gasteiger partial charge in [-0.15, -0.1) is 0 Å². The molecule has 3 nitrogen and oxygen atoms in total. The number of morpholine rings is 1. The molecule has 1 saturated carbocycles. The van der Waals surface area contributed by atoms with Crippen LogP contribution in [0.2, 0.25) is 0 Å². The maximum absolute atomic E-state index is 6.26. The molecule has 3 aliphatic rings. The predicted octanol–water partition coefficient (Wildman–Crippen LogP) is 2.54. The van der Waals surface area contributed by atoms with Crippen LogP contribution in [0.5, 0.6) is 0 Å². The fourth-order valence-corrected chi connectivity index (χ4v) is 4.37. The van der Waals surface area contributed by atoms with Crippen molar-refractivity contribution in [2.75, 3.05) is 19.6 Å². The quantitative estimate of drug-likeness (QED) is 0.781. The molecular formula is C16H30N2O. The van der Waals surface area contributed by atoms with Crippen LogP contribution in [0.15, 0.2) is 0 Å². The Balaban J connectivity index is 1.75. The van der Waals surface area contributed by atoms with Crippen LogP contribution in [0.1, 0.15) is 58.8 Å². The molecule has 3 fully saturated rings. The van der Waals surface area contributed by atoms with Crippen LogP contribution in [0.4, 0.5) is 0 Å². The van der Waals surface area contributed by atoms with Gasteiger partial charge in [0.2, 0.25) is 0 Å². The normalized spacial score (nSPS) is 43.1. The molecule has 1 aliphatic carbocycles. The van der Waals surface area contributed by atoms with Gasteiger partial charge in [0.1, 0.15) is 0 Å². The van der Waals surface area contributed by atoms with Crippen LogP contribution in [0.25, 0.3) is 0 Å². The Morgan fingerprint density at radius 1 is 1.05 bits per heavy atom. The third kappa shape index (κ3) is 2.70. The fraction of sp³-hybridized carbons (Fsp3) is 1.00. The molecule has 2 saturated heterocycles. The van der Waals surface area contributed by atoms with Gasteiger partial charge < -0.3 is 10.5 Å². The highest BCUT2D eigenvalue weighted by atomic mass is 16.5. The molecule has 0 radical (unpaired) electrons. The average molecular weight is 266 g/mol. The zero-order chi connectivity index (χ0) is 13.5. The lowest BCUT2D eigenvalue weighted by Gasteiger charge is -2.47. The van der Waals surface area contributed by atoms with Crippen LogP contribution in [-0.4, -0.2) is 42.3 Å². The number of ether oxygens (including phenoxy) is 1. The van der Waals surface area contributed by atoms with Crippen molar-refractivity contribution in [1.82, 2.24) is 4.90 Å². The van der Waals surface area contributed by atoms with Gasteiger partial charge >= 0.3 is 0 Å². The Bertz CT molecular complexity index is 319. The maximum atomic E-state index is 6.26. The number of hydrogen-bond donors (Lipinski definition) is 1. The highest BCUT2D eigenvalue weighted by Crippen LogP contribution is 2.42. The molecule has 110 valence electrons. The second kappa shape index (κ2) is 5.01. The minimum atomic E-state index is 0.262. The van der Waals surface area contributed by atoms with E-state index in [0.717, 1.165) is 19.6 Å². The summed E-state index contributed by atoms with van der Waals surface area (Å²) in [5.41, 5.74) is 7.02. The van der Waals surface area contributed by atoms with Gasteiger partial charge in [-0.25, -0.2) is 0 Å². The van der Waals surface area contributed by atoms with Crippen LogP contribution in [0, 0.1) is 5.41 Å². The summed E-state index contributed by atoms with van der Waals surface area (Å²) in [6.45, 7) is 7.90. The highest BCUT2D eigenvalue weighted by Gasteiger charge is 2.44. The number of likely N-dealkylation sites (tertiary alicyclic amines) is 1. The van der Waals surface area contributed by atoms with E-state index in [2.05, 4.69) is 18.7 Å². The summed E-state index contributed by atoms with van der Waals surface area (Å²) < 4.78 is 6.00. The summed E-state index contributed by atoms with van der Waals surface area (Å²) in [5.74, 6) is 0. The van der Waals surface area contributed by atoms with Crippen molar-refractivity contribution in [2.45, 2.75) is 76.5 Å². The first-order chi connectivity index (χ1) is 9.03. The van der Waals surface area contributed by atoms with Gasteiger partial charge in [-0.3, -0.25) is 4.90 Å². The average Bonchev–Trinajstić information content (AvgIpc) is 2.63. The Morgan fingerprint density at radius 2 is 1.74 bits per heavy atom. The molecule has 19 heavy (non-hydrogen) atoms. The summed E-state index contributed by atoms with van der Waals surface area (Å²) >= 11 is 0. The molecule has 2 N–H and O–H groups in total. The van der Waals surface area contributed by atoms with Gasteiger partial charge in [-0.1, -0.05) is 20.3 Å². The van der Waals surface area contributed by atoms with Gasteiger partial charge in [0.15, 0.2) is 0 Å². The molecular weight excluding hydrogens is 236 g/mol. The molecule has 0 aromatic rings. The second-order valence-electron chi connectivity index (χ2n) is 7.81. The number of hydrogen-bond acceptors (Lipinski definition) is 3.